The lowest BCUT2D eigenvalue weighted by atomic mass is 10.0. The number of benzene rings is 2. The summed E-state index contributed by atoms with van der Waals surface area (Å²) in [4.78, 5) is 14.3. The lowest BCUT2D eigenvalue weighted by Gasteiger charge is -2.18. The summed E-state index contributed by atoms with van der Waals surface area (Å²) in [5.41, 5.74) is 5.66. The molecule has 6 heteroatoms. The van der Waals surface area contributed by atoms with Gasteiger partial charge in [-0.1, -0.05) is 13.0 Å². The van der Waals surface area contributed by atoms with Crippen LogP contribution in [0.3, 0.4) is 0 Å². The van der Waals surface area contributed by atoms with Gasteiger partial charge in [-0.2, -0.15) is 5.26 Å². The molecule has 0 aliphatic carbocycles. The SMILES string of the molecule is CCCNC(=O)N1CCc2cc(-c3c(C#N)c4ccc(OC)cc4n3CC)ccc21. The third kappa shape index (κ3) is 3.17. The van der Waals surface area contributed by atoms with E-state index >= 15 is 0 Å². The number of aryl methyl sites for hydroxylation is 1. The molecule has 6 nitrogen and oxygen atoms in total. The molecule has 1 aliphatic heterocycles. The van der Waals surface area contributed by atoms with Gasteiger partial charge in [0.15, 0.2) is 0 Å². The smallest absolute Gasteiger partial charge is 0.321 e. The number of hydrogen-bond acceptors (Lipinski definition) is 3. The van der Waals surface area contributed by atoms with Gasteiger partial charge in [-0.25, -0.2) is 4.79 Å². The minimum atomic E-state index is -0.0455. The van der Waals surface area contributed by atoms with Crippen LogP contribution in [0.1, 0.15) is 31.4 Å². The molecule has 0 fully saturated rings. The number of nitriles is 1. The van der Waals surface area contributed by atoms with Crippen molar-refractivity contribution in [2.45, 2.75) is 33.2 Å². The van der Waals surface area contributed by atoms with Crippen LogP contribution >= 0.6 is 0 Å². The molecule has 30 heavy (non-hydrogen) atoms. The van der Waals surface area contributed by atoms with Gasteiger partial charge in [-0.15, -0.1) is 0 Å². The van der Waals surface area contributed by atoms with Crippen LogP contribution in [0.2, 0.25) is 0 Å². The average molecular weight is 402 g/mol. The topological polar surface area (TPSA) is 70.3 Å². The first-order valence-corrected chi connectivity index (χ1v) is 10.4. The largest absolute Gasteiger partial charge is 0.497 e. The quantitative estimate of drug-likeness (QED) is 0.673. The van der Waals surface area contributed by atoms with Gasteiger partial charge in [0.2, 0.25) is 0 Å². The highest BCUT2D eigenvalue weighted by Crippen LogP contribution is 2.38. The monoisotopic (exact) mass is 402 g/mol. The number of hydrogen-bond donors (Lipinski definition) is 1. The van der Waals surface area contributed by atoms with E-state index in [1.165, 1.54) is 0 Å². The number of fused-ring (bicyclic) bond motifs is 2. The van der Waals surface area contributed by atoms with Crippen LogP contribution < -0.4 is 15.0 Å². The molecule has 0 radical (unpaired) electrons. The first-order chi connectivity index (χ1) is 14.6. The molecule has 2 amide bonds. The lowest BCUT2D eigenvalue weighted by Crippen LogP contribution is -2.39. The van der Waals surface area contributed by atoms with Gasteiger partial charge in [0.25, 0.3) is 0 Å². The predicted octanol–water partition coefficient (Wildman–Crippen LogP) is 4.69. The number of carbonyl (C=O) groups excluding carboxylic acids is 1. The number of rotatable bonds is 5. The third-order valence-corrected chi connectivity index (χ3v) is 5.72. The fraction of sp³-hybridized carbons (Fsp3) is 0.333. The van der Waals surface area contributed by atoms with Crippen molar-refractivity contribution in [2.24, 2.45) is 0 Å². The van der Waals surface area contributed by atoms with Crippen molar-refractivity contribution < 1.29 is 9.53 Å². The third-order valence-electron chi connectivity index (χ3n) is 5.72. The summed E-state index contributed by atoms with van der Waals surface area (Å²) >= 11 is 0. The number of ether oxygens (including phenoxy) is 1. The molecule has 0 spiro atoms. The van der Waals surface area contributed by atoms with E-state index in [2.05, 4.69) is 28.9 Å². The normalized spacial score (nSPS) is 12.7. The summed E-state index contributed by atoms with van der Waals surface area (Å²) in [6.45, 7) is 6.21. The van der Waals surface area contributed by atoms with Crippen LogP contribution in [-0.2, 0) is 13.0 Å². The second-order valence-corrected chi connectivity index (χ2v) is 7.44. The van der Waals surface area contributed by atoms with E-state index in [1.807, 2.05) is 37.3 Å². The Morgan fingerprint density at radius 1 is 1.23 bits per heavy atom. The molecular formula is C24H26N4O2. The van der Waals surface area contributed by atoms with E-state index in [9.17, 15) is 10.1 Å². The Bertz CT molecular complexity index is 1160. The molecule has 0 saturated carbocycles. The molecule has 0 unspecified atom stereocenters. The molecule has 154 valence electrons. The van der Waals surface area contributed by atoms with Crippen molar-refractivity contribution >= 4 is 22.6 Å². The number of carbonyl (C=O) groups is 1. The molecule has 2 heterocycles. The summed E-state index contributed by atoms with van der Waals surface area (Å²) in [7, 11) is 1.65. The fourth-order valence-corrected chi connectivity index (χ4v) is 4.29. The van der Waals surface area contributed by atoms with Crippen LogP contribution in [0, 0.1) is 11.3 Å². The second kappa shape index (κ2) is 8.11. The molecule has 1 N–H and O–H groups in total. The number of methoxy groups -OCH3 is 1. The van der Waals surface area contributed by atoms with Gasteiger partial charge >= 0.3 is 6.03 Å². The number of amides is 2. The van der Waals surface area contributed by atoms with Crippen molar-refractivity contribution in [1.82, 2.24) is 9.88 Å². The Morgan fingerprint density at radius 2 is 2.07 bits per heavy atom. The Balaban J connectivity index is 1.80. The van der Waals surface area contributed by atoms with E-state index in [1.54, 1.807) is 12.0 Å². The number of aromatic nitrogens is 1. The lowest BCUT2D eigenvalue weighted by molar-refractivity contribution is 0.247. The molecule has 3 aromatic rings. The minimum Gasteiger partial charge on any atom is -0.497 e. The van der Waals surface area contributed by atoms with Gasteiger partial charge < -0.3 is 14.6 Å². The van der Waals surface area contributed by atoms with Gasteiger partial charge in [-0.05, 0) is 55.2 Å². The molecule has 0 saturated heterocycles. The van der Waals surface area contributed by atoms with Crippen LogP contribution in [0.25, 0.3) is 22.2 Å². The fourth-order valence-electron chi connectivity index (χ4n) is 4.29. The maximum Gasteiger partial charge on any atom is 0.321 e. The van der Waals surface area contributed by atoms with E-state index in [0.717, 1.165) is 58.5 Å². The first-order valence-electron chi connectivity index (χ1n) is 10.4. The number of anilines is 1. The van der Waals surface area contributed by atoms with Gasteiger partial charge in [-0.3, -0.25) is 4.90 Å². The minimum absolute atomic E-state index is 0.0455. The molecule has 1 aliphatic rings. The van der Waals surface area contributed by atoms with Gasteiger partial charge in [0, 0.05) is 36.8 Å². The van der Waals surface area contributed by atoms with Crippen LogP contribution in [0.4, 0.5) is 10.5 Å². The van der Waals surface area contributed by atoms with Gasteiger partial charge in [0.05, 0.1) is 23.9 Å². The highest BCUT2D eigenvalue weighted by Gasteiger charge is 2.26. The van der Waals surface area contributed by atoms with Crippen LogP contribution in [0.15, 0.2) is 36.4 Å². The van der Waals surface area contributed by atoms with Crippen LogP contribution in [0.5, 0.6) is 5.75 Å². The number of nitrogens with one attached hydrogen (secondary N) is 1. The predicted molar refractivity (Wildman–Crippen MR) is 119 cm³/mol. The number of nitrogens with zero attached hydrogens (tertiary/aromatic N) is 3. The zero-order chi connectivity index (χ0) is 21.3. The highest BCUT2D eigenvalue weighted by molar-refractivity contribution is 5.97. The summed E-state index contributed by atoms with van der Waals surface area (Å²) in [6.07, 6.45) is 1.72. The average Bonchev–Trinajstić information content (AvgIpc) is 3.34. The summed E-state index contributed by atoms with van der Waals surface area (Å²) in [5, 5.41) is 13.8. The zero-order valence-corrected chi connectivity index (χ0v) is 17.7. The molecule has 4 rings (SSSR count). The van der Waals surface area contributed by atoms with E-state index in [0.29, 0.717) is 18.7 Å². The van der Waals surface area contributed by atoms with Crippen molar-refractivity contribution in [3.8, 4) is 23.1 Å². The van der Waals surface area contributed by atoms with Crippen molar-refractivity contribution in [1.29, 1.82) is 5.26 Å². The van der Waals surface area contributed by atoms with Crippen molar-refractivity contribution in [3.05, 3.63) is 47.5 Å². The summed E-state index contributed by atoms with van der Waals surface area (Å²) in [6, 6.07) is 14.3. The molecule has 0 bridgehead atoms. The summed E-state index contributed by atoms with van der Waals surface area (Å²) < 4.78 is 7.56. The highest BCUT2D eigenvalue weighted by atomic mass is 16.5. The first kappa shape index (κ1) is 19.8. The van der Waals surface area contributed by atoms with E-state index in [4.69, 9.17) is 4.74 Å². The van der Waals surface area contributed by atoms with E-state index in [-0.39, 0.29) is 6.03 Å². The molecule has 2 aromatic carbocycles. The Kier molecular flexibility index (Phi) is 5.37. The second-order valence-electron chi connectivity index (χ2n) is 7.44. The van der Waals surface area contributed by atoms with Crippen molar-refractivity contribution in [2.75, 3.05) is 25.1 Å². The maximum absolute atomic E-state index is 12.5. The zero-order valence-electron chi connectivity index (χ0n) is 17.7. The molecule has 1 aromatic heterocycles. The van der Waals surface area contributed by atoms with Gasteiger partial charge in [0.1, 0.15) is 11.8 Å². The Labute approximate surface area is 176 Å². The number of urea groups is 1. The van der Waals surface area contributed by atoms with Crippen molar-refractivity contribution in [3.63, 3.8) is 0 Å². The summed E-state index contributed by atoms with van der Waals surface area (Å²) in [5.74, 6) is 0.772. The van der Waals surface area contributed by atoms with Crippen LogP contribution in [-0.4, -0.2) is 30.8 Å². The molecule has 0 atom stereocenters. The Hall–Kier alpha value is -3.46. The van der Waals surface area contributed by atoms with E-state index < -0.39 is 0 Å². The Morgan fingerprint density at radius 3 is 2.77 bits per heavy atom. The molecular weight excluding hydrogens is 376 g/mol. The standard InChI is InChI=1S/C24H26N4O2/c1-4-11-26-24(29)28-12-10-16-13-17(6-9-21(16)28)23-20(15-25)19-8-7-18(30-3)14-22(19)27(23)5-2/h6-9,13-14H,4-5,10-12H2,1-3H3,(H,26,29). The maximum atomic E-state index is 12.5.